The third-order valence-corrected chi connectivity index (χ3v) is 18.5. The van der Waals surface area contributed by atoms with Gasteiger partial charge in [-0.1, -0.05) is 13.8 Å². The summed E-state index contributed by atoms with van der Waals surface area (Å²) < 4.78 is 105. The van der Waals surface area contributed by atoms with Crippen LogP contribution in [-0.4, -0.2) is 161 Å². The van der Waals surface area contributed by atoms with E-state index in [1.54, 1.807) is 13.8 Å². The minimum absolute atomic E-state index is 0.00483. The van der Waals surface area contributed by atoms with Crippen LogP contribution in [0, 0.1) is 11.8 Å². The first kappa shape index (κ1) is 58.1. The molecule has 77 heavy (non-hydrogen) atoms. The first-order valence-electron chi connectivity index (χ1n) is 22.5. The van der Waals surface area contributed by atoms with E-state index < -0.39 is 153 Å². The molecule has 3 fully saturated rings. The van der Waals surface area contributed by atoms with E-state index in [0.717, 1.165) is 36.6 Å². The molecule has 0 radical (unpaired) electrons. The largest absolute Gasteiger partial charge is 0.778 e. The number of aliphatic hydroxyl groups excluding tert-OH is 3. The van der Waals surface area contributed by atoms with Crippen molar-refractivity contribution in [3.8, 4) is 0 Å². The van der Waals surface area contributed by atoms with Crippen LogP contribution in [0.25, 0.3) is 22.3 Å². The molecule has 4 unspecified atom stereocenters. The topological polar surface area (TPSA) is 530 Å². The summed E-state index contributed by atoms with van der Waals surface area (Å²) in [6.07, 6.45) is -12.4. The number of anilines is 2. The van der Waals surface area contributed by atoms with Crippen LogP contribution in [0.2, 0.25) is 0 Å². The summed E-state index contributed by atoms with van der Waals surface area (Å²) in [5.41, 5.74) is 6.98. The number of amides is 1. The number of hydrogen-bond acceptors (Lipinski definition) is 27. The molecule has 3 saturated heterocycles. The molecule has 37 nitrogen and oxygen atoms in total. The number of ether oxygens (including phenoxy) is 4. The summed E-state index contributed by atoms with van der Waals surface area (Å²) >= 11 is 0. The molecule has 0 spiro atoms. The molecule has 8 heterocycles. The Morgan fingerprint density at radius 1 is 0.831 bits per heavy atom. The third-order valence-electron chi connectivity index (χ3n) is 12.3. The Morgan fingerprint density at radius 2 is 1.45 bits per heavy atom. The van der Waals surface area contributed by atoms with Gasteiger partial charge in [-0.25, -0.2) is 38.0 Å². The van der Waals surface area contributed by atoms with Crippen molar-refractivity contribution in [1.29, 1.82) is 0 Å². The van der Waals surface area contributed by atoms with Crippen LogP contribution in [0.15, 0.2) is 45.6 Å². The van der Waals surface area contributed by atoms with Gasteiger partial charge in [-0.2, -0.15) is 18.2 Å². The summed E-state index contributed by atoms with van der Waals surface area (Å²) in [7, 11) is -21.2. The molecular weight excluding hydrogens is 1120 g/mol. The monoisotopic (exact) mass is 1170 g/mol. The number of fused-ring (bicyclic) bond motifs is 2. The number of nitrogens with two attached hydrogens (primary N) is 2. The first-order valence-corrected chi connectivity index (χ1v) is 28.6. The number of aromatic amines is 2. The predicted molar refractivity (Wildman–Crippen MR) is 250 cm³/mol. The van der Waals surface area contributed by atoms with Crippen LogP contribution in [0.5, 0.6) is 0 Å². The normalized spacial score (nSPS) is 29.9. The van der Waals surface area contributed by atoms with E-state index in [0.29, 0.717) is 4.57 Å². The van der Waals surface area contributed by atoms with Crippen LogP contribution >= 0.6 is 31.1 Å². The fraction of sp³-hybridized carbons (Fsp3) is 0.583. The molecule has 3 aliphatic heterocycles. The molecule has 41 heteroatoms. The highest BCUT2D eigenvalue weighted by atomic mass is 31.3. The van der Waals surface area contributed by atoms with Crippen molar-refractivity contribution in [2.75, 3.05) is 44.9 Å². The van der Waals surface area contributed by atoms with Crippen LogP contribution in [-0.2, 0) is 71.2 Å². The highest BCUT2D eigenvalue weighted by Gasteiger charge is 2.55. The molecule has 5 aromatic heterocycles. The van der Waals surface area contributed by atoms with Crippen molar-refractivity contribution in [2.24, 2.45) is 18.9 Å². The maximum Gasteiger partial charge on any atom is 0.490 e. The number of methoxy groups -OCH3 is 1. The van der Waals surface area contributed by atoms with Crippen molar-refractivity contribution in [1.82, 2.24) is 48.9 Å². The zero-order chi connectivity index (χ0) is 56.3. The maximum absolute atomic E-state index is 14.2. The summed E-state index contributed by atoms with van der Waals surface area (Å²) in [5.74, 6) is -2.60. The van der Waals surface area contributed by atoms with E-state index in [2.05, 4.69) is 38.9 Å². The first-order chi connectivity index (χ1) is 36.0. The Morgan fingerprint density at radius 3 is 2.10 bits per heavy atom. The minimum atomic E-state index is -6.26. The van der Waals surface area contributed by atoms with Crippen LogP contribution < -0.4 is 43.1 Å². The van der Waals surface area contributed by atoms with E-state index in [1.165, 1.54) is 22.5 Å². The van der Waals surface area contributed by atoms with Gasteiger partial charge in [0.15, 0.2) is 23.9 Å². The number of carbonyl (C=O) groups excluding carboxylic acids is 1. The molecule has 3 aliphatic rings. The Labute approximate surface area is 430 Å². The van der Waals surface area contributed by atoms with Gasteiger partial charge in [0.05, 0.1) is 51.1 Å². The molecule has 0 bridgehead atoms. The lowest BCUT2D eigenvalue weighted by Gasteiger charge is -2.35. The SMILES string of the molecule is CO[C@@H]1[C@H](P(=O)([O-])OC[C@H]2O[C@@H](n3ccc(=O)[nH]c3=O)[C@H](O)[C@@H]2O)[C@@H](COP(=O)(O)OP(=O)(O)OP(=O)(O)OC[C@H]2O[C@@H](n3c[n+](C)c4c(=O)[nH]c(N)nc43)[C@H](O)[C@@H]2CNC(=O)C(C)C)O[C@H]1n1cnc2c(N)ncnc21. The quantitative estimate of drug-likeness (QED) is 0.0244. The molecule has 0 saturated carbocycles. The maximum atomic E-state index is 14.2. The second-order valence-corrected chi connectivity index (χ2v) is 24.3. The molecule has 0 aromatic carbocycles. The van der Waals surface area contributed by atoms with E-state index in [-0.39, 0.29) is 40.6 Å². The van der Waals surface area contributed by atoms with Crippen LogP contribution in [0.3, 0.4) is 0 Å². The number of aryl methyl sites for hydroxylation is 1. The van der Waals surface area contributed by atoms with Crippen molar-refractivity contribution in [2.45, 2.75) is 80.9 Å². The average molecular weight is 1170 g/mol. The van der Waals surface area contributed by atoms with Crippen molar-refractivity contribution < 1.29 is 104 Å². The second-order valence-electron chi connectivity index (χ2n) is 17.8. The van der Waals surface area contributed by atoms with Gasteiger partial charge in [-0.3, -0.25) is 42.5 Å². The van der Waals surface area contributed by atoms with E-state index in [1.807, 2.05) is 4.98 Å². The number of aliphatic hydroxyl groups is 3. The van der Waals surface area contributed by atoms with Crippen molar-refractivity contribution in [3.63, 3.8) is 0 Å². The molecule has 5 aromatic rings. The number of nitrogen functional groups attached to an aromatic ring is 2. The number of nitrogens with one attached hydrogen (secondary N) is 3. The summed E-state index contributed by atoms with van der Waals surface area (Å²) in [5, 5.41) is 35.6. The lowest BCUT2D eigenvalue weighted by molar-refractivity contribution is -0.646. The van der Waals surface area contributed by atoms with Gasteiger partial charge in [0.2, 0.25) is 24.4 Å². The molecule has 16 atom stereocenters. The zero-order valence-corrected chi connectivity index (χ0v) is 43.9. The van der Waals surface area contributed by atoms with Gasteiger partial charge < -0.3 is 79.7 Å². The number of phosphoric acid groups is 3. The average Bonchev–Trinajstić information content (AvgIpc) is 4.16. The number of rotatable bonds is 21. The smallest absolute Gasteiger partial charge is 0.490 e. The predicted octanol–water partition coefficient (Wildman–Crippen LogP) is -4.41. The molecule has 1 amide bonds. The number of nitrogens with zero attached hydrogens (tertiary/aromatic N) is 8. The van der Waals surface area contributed by atoms with Gasteiger partial charge in [0.1, 0.15) is 50.0 Å². The number of imidazole rings is 2. The van der Waals surface area contributed by atoms with Gasteiger partial charge in [0.25, 0.3) is 16.7 Å². The number of aromatic nitrogens is 10. The van der Waals surface area contributed by atoms with E-state index in [4.69, 9.17) is 44.0 Å². The number of hydrogen-bond donors (Lipinski definition) is 11. The third kappa shape index (κ3) is 12.2. The van der Waals surface area contributed by atoms with Gasteiger partial charge in [0, 0.05) is 37.8 Å². The van der Waals surface area contributed by atoms with Crippen molar-refractivity contribution in [3.05, 3.63) is 62.4 Å². The molecule has 8 rings (SSSR count). The number of carbonyl (C=O) groups is 1. The van der Waals surface area contributed by atoms with Gasteiger partial charge >= 0.3 is 34.7 Å². The second kappa shape index (κ2) is 22.2. The van der Waals surface area contributed by atoms with Gasteiger partial charge in [-0.15, -0.1) is 0 Å². The highest BCUT2D eigenvalue weighted by molar-refractivity contribution is 7.66. The molecule has 424 valence electrons. The molecular formula is C36H51N13O24P4. The Hall–Kier alpha value is -5.07. The van der Waals surface area contributed by atoms with E-state index in [9.17, 15) is 72.3 Å². The van der Waals surface area contributed by atoms with Crippen molar-refractivity contribution >= 4 is 71.1 Å². The Balaban J connectivity index is 0.967. The highest BCUT2D eigenvalue weighted by Crippen LogP contribution is 2.68. The zero-order valence-electron chi connectivity index (χ0n) is 40.3. The summed E-state index contributed by atoms with van der Waals surface area (Å²) in [4.78, 5) is 116. The standard InChI is InChI=1S/C36H51N13O24P4/c1-14(2)30(54)39-7-15-16(69-32(22(15)51)49-13-46(3)21-29(49)44-35(38)45-31(21)55)8-67-75(59,60)72-77(63,64)73-76(61,62)68-10-18-26(25(65-4)34(71-18)48-12-42-20-27(37)40-11-41-28(20)48)74(57,58)66-9-17-23(52)24(53)33(70-17)47-6-5-19(50)43-36(47)56/h5-6,11-18,22-26,32-34,51-53H,7-10H2,1-4H3,(H10-,37,38,39,40,41,43,44,45,50,54,55,56,57,58,59,60,61,62,63,64)/t15-,16-,17-,18-,22-,23-,24-,25-,26-,32-,33-,34-/m1/s1. The summed E-state index contributed by atoms with van der Waals surface area (Å²) in [6, 6.07) is 0.913. The summed E-state index contributed by atoms with van der Waals surface area (Å²) in [6.45, 7) is -0.663. The van der Waals surface area contributed by atoms with Gasteiger partial charge in [-0.05, 0) is 0 Å². The number of phosphoric ester groups is 2. The molecule has 0 aliphatic carbocycles. The fourth-order valence-corrected chi connectivity index (χ4v) is 14.0. The Kier molecular flexibility index (Phi) is 16.8. The lowest BCUT2D eigenvalue weighted by atomic mass is 9.98. The minimum Gasteiger partial charge on any atom is -0.778 e. The lowest BCUT2D eigenvalue weighted by Crippen LogP contribution is -2.40. The van der Waals surface area contributed by atoms with Crippen LogP contribution in [0.1, 0.15) is 32.5 Å². The van der Waals surface area contributed by atoms with Crippen LogP contribution in [0.4, 0.5) is 11.8 Å². The molecule has 13 N–H and O–H groups in total. The number of H-pyrrole nitrogens is 2. The Bertz CT molecular complexity index is 3410. The van der Waals surface area contributed by atoms with E-state index >= 15 is 0 Å². The fourth-order valence-electron chi connectivity index (χ4n) is 8.74.